The minimum atomic E-state index is -4.19. The van der Waals surface area contributed by atoms with Crippen LogP contribution in [0.15, 0.2) is 83.8 Å². The van der Waals surface area contributed by atoms with Crippen LogP contribution >= 0.6 is 0 Å². The molecule has 1 aliphatic carbocycles. The predicted octanol–water partition coefficient (Wildman–Crippen LogP) is 5.20. The number of sulfonamides is 1. The number of amides is 2. The molecule has 1 atom stereocenters. The molecule has 3 aromatic carbocycles. The van der Waals surface area contributed by atoms with Crippen LogP contribution in [-0.4, -0.2) is 43.8 Å². The number of carbonyl (C=O) groups excluding carboxylic acids is 2. The standard InChI is InChI=1S/C31H36FN3O4S/c1-23-13-19-29(20-14-23)40(38,39)35(28-17-15-26(32)16-18-28)22-30(36)34(21-25-9-5-3-6-10-25)24(2)31(37)33-27-11-7-4-8-12-27/h3,5-6,9-10,13-20,24,27H,4,7-8,11-12,21-22H2,1-2H3,(H,33,37). The normalized spacial score (nSPS) is 14.8. The van der Waals surface area contributed by atoms with E-state index in [4.69, 9.17) is 0 Å². The van der Waals surface area contributed by atoms with Crippen molar-refractivity contribution in [3.05, 3.63) is 95.8 Å². The van der Waals surface area contributed by atoms with Gasteiger partial charge in [-0.15, -0.1) is 0 Å². The third-order valence-corrected chi connectivity index (χ3v) is 9.11. The second-order valence-corrected chi connectivity index (χ2v) is 12.2. The number of halogens is 1. The van der Waals surface area contributed by atoms with Crippen molar-refractivity contribution in [1.29, 1.82) is 0 Å². The van der Waals surface area contributed by atoms with Crippen LogP contribution in [0.4, 0.5) is 10.1 Å². The molecule has 1 saturated carbocycles. The fourth-order valence-electron chi connectivity index (χ4n) is 4.91. The summed E-state index contributed by atoms with van der Waals surface area (Å²) in [6, 6.07) is 19.8. The SMILES string of the molecule is Cc1ccc(S(=O)(=O)N(CC(=O)N(Cc2ccccc2)C(C)C(=O)NC2CCCCC2)c2ccc(F)cc2)cc1. The largest absolute Gasteiger partial charge is 0.352 e. The van der Waals surface area contributed by atoms with Crippen LogP contribution in [0.5, 0.6) is 0 Å². The van der Waals surface area contributed by atoms with Crippen LogP contribution in [0, 0.1) is 12.7 Å². The highest BCUT2D eigenvalue weighted by Gasteiger charge is 2.33. The van der Waals surface area contributed by atoms with Gasteiger partial charge in [-0.2, -0.15) is 0 Å². The number of aryl methyl sites for hydroxylation is 1. The summed E-state index contributed by atoms with van der Waals surface area (Å²) in [6.45, 7) is 3.07. The van der Waals surface area contributed by atoms with Crippen LogP contribution in [0.1, 0.15) is 50.2 Å². The molecule has 1 aliphatic rings. The maximum Gasteiger partial charge on any atom is 0.264 e. The first kappa shape index (κ1) is 29.3. The molecule has 0 saturated heterocycles. The van der Waals surface area contributed by atoms with Crippen molar-refractivity contribution in [2.24, 2.45) is 0 Å². The number of hydrogen-bond acceptors (Lipinski definition) is 4. The second-order valence-electron chi connectivity index (χ2n) is 10.3. The zero-order valence-electron chi connectivity index (χ0n) is 22.9. The minimum Gasteiger partial charge on any atom is -0.352 e. The molecule has 9 heteroatoms. The average molecular weight is 566 g/mol. The maximum atomic E-state index is 13.9. The smallest absolute Gasteiger partial charge is 0.264 e. The molecule has 4 rings (SSSR count). The van der Waals surface area contributed by atoms with Crippen molar-refractivity contribution in [3.63, 3.8) is 0 Å². The number of carbonyl (C=O) groups is 2. The zero-order chi connectivity index (χ0) is 28.7. The Labute approximate surface area is 236 Å². The van der Waals surface area contributed by atoms with E-state index in [1.807, 2.05) is 37.3 Å². The van der Waals surface area contributed by atoms with Crippen LogP contribution < -0.4 is 9.62 Å². The third-order valence-electron chi connectivity index (χ3n) is 7.32. The highest BCUT2D eigenvalue weighted by atomic mass is 32.2. The van der Waals surface area contributed by atoms with Crippen molar-refractivity contribution in [2.75, 3.05) is 10.8 Å². The van der Waals surface area contributed by atoms with Crippen molar-refractivity contribution < 1.29 is 22.4 Å². The lowest BCUT2D eigenvalue weighted by Crippen LogP contribution is -2.53. The van der Waals surface area contributed by atoms with Crippen molar-refractivity contribution in [1.82, 2.24) is 10.2 Å². The number of rotatable bonds is 10. The van der Waals surface area contributed by atoms with Crippen LogP contribution in [-0.2, 0) is 26.2 Å². The van der Waals surface area contributed by atoms with E-state index in [1.165, 1.54) is 29.2 Å². The summed E-state index contributed by atoms with van der Waals surface area (Å²) in [7, 11) is -4.19. The number of benzene rings is 3. The fourth-order valence-corrected chi connectivity index (χ4v) is 6.32. The molecule has 1 N–H and O–H groups in total. The molecule has 0 bridgehead atoms. The van der Waals surface area contributed by atoms with Gasteiger partial charge < -0.3 is 10.2 Å². The van der Waals surface area contributed by atoms with Crippen molar-refractivity contribution in [2.45, 2.75) is 69.5 Å². The number of anilines is 1. The highest BCUT2D eigenvalue weighted by Crippen LogP contribution is 2.25. The molecule has 0 aromatic heterocycles. The van der Waals surface area contributed by atoms with Gasteiger partial charge in [0.2, 0.25) is 11.8 Å². The predicted molar refractivity (Wildman–Crippen MR) is 154 cm³/mol. The molecule has 1 fully saturated rings. The van der Waals surface area contributed by atoms with E-state index in [9.17, 15) is 22.4 Å². The average Bonchev–Trinajstić information content (AvgIpc) is 2.96. The van der Waals surface area contributed by atoms with E-state index >= 15 is 0 Å². The summed E-state index contributed by atoms with van der Waals surface area (Å²) in [4.78, 5) is 28.7. The summed E-state index contributed by atoms with van der Waals surface area (Å²) in [6.07, 6.45) is 5.05. The van der Waals surface area contributed by atoms with Gasteiger partial charge in [-0.3, -0.25) is 13.9 Å². The first-order chi connectivity index (χ1) is 19.1. The molecule has 7 nitrogen and oxygen atoms in total. The van der Waals surface area contributed by atoms with E-state index < -0.39 is 34.3 Å². The molecule has 0 heterocycles. The maximum absolute atomic E-state index is 13.9. The molecule has 0 spiro atoms. The summed E-state index contributed by atoms with van der Waals surface area (Å²) >= 11 is 0. The Kier molecular flexibility index (Phi) is 9.58. The second kappa shape index (κ2) is 13.1. The number of hydrogen-bond donors (Lipinski definition) is 1. The Hall–Kier alpha value is -3.72. The summed E-state index contributed by atoms with van der Waals surface area (Å²) in [5, 5.41) is 3.09. The summed E-state index contributed by atoms with van der Waals surface area (Å²) in [5.74, 6) is -1.34. The Morgan fingerprint density at radius 3 is 2.17 bits per heavy atom. The fraction of sp³-hybridized carbons (Fsp3) is 0.355. The molecule has 2 amide bonds. The Morgan fingerprint density at radius 2 is 1.55 bits per heavy atom. The highest BCUT2D eigenvalue weighted by molar-refractivity contribution is 7.92. The topological polar surface area (TPSA) is 86.8 Å². The molecule has 3 aromatic rings. The van der Waals surface area contributed by atoms with Gasteiger partial charge in [0.05, 0.1) is 10.6 Å². The van der Waals surface area contributed by atoms with Gasteiger partial charge >= 0.3 is 0 Å². The molecule has 212 valence electrons. The first-order valence-electron chi connectivity index (χ1n) is 13.6. The molecular formula is C31H36FN3O4S. The zero-order valence-corrected chi connectivity index (χ0v) is 23.7. The van der Waals surface area contributed by atoms with Crippen LogP contribution in [0.25, 0.3) is 0 Å². The molecule has 0 radical (unpaired) electrons. The quantitative estimate of drug-likeness (QED) is 0.366. The van der Waals surface area contributed by atoms with Gasteiger partial charge in [-0.25, -0.2) is 12.8 Å². The van der Waals surface area contributed by atoms with Gasteiger partial charge in [0, 0.05) is 12.6 Å². The lowest BCUT2D eigenvalue weighted by molar-refractivity contribution is -0.139. The van der Waals surface area contributed by atoms with Gasteiger partial charge in [0.1, 0.15) is 18.4 Å². The van der Waals surface area contributed by atoms with E-state index in [-0.39, 0.29) is 29.1 Å². The van der Waals surface area contributed by atoms with Crippen molar-refractivity contribution in [3.8, 4) is 0 Å². The van der Waals surface area contributed by atoms with Gasteiger partial charge in [-0.1, -0.05) is 67.3 Å². The first-order valence-corrected chi connectivity index (χ1v) is 15.1. The number of nitrogens with zero attached hydrogens (tertiary/aromatic N) is 2. The van der Waals surface area contributed by atoms with Gasteiger partial charge in [0.25, 0.3) is 10.0 Å². The van der Waals surface area contributed by atoms with E-state index in [2.05, 4.69) is 5.32 Å². The van der Waals surface area contributed by atoms with Crippen molar-refractivity contribution >= 4 is 27.5 Å². The molecular weight excluding hydrogens is 529 g/mol. The van der Waals surface area contributed by atoms with Crippen LogP contribution in [0.2, 0.25) is 0 Å². The molecule has 1 unspecified atom stereocenters. The van der Waals surface area contributed by atoms with E-state index in [0.29, 0.717) is 0 Å². The monoisotopic (exact) mass is 565 g/mol. The summed E-state index contributed by atoms with van der Waals surface area (Å²) < 4.78 is 42.3. The Morgan fingerprint density at radius 1 is 0.925 bits per heavy atom. The van der Waals surface area contributed by atoms with Gasteiger partial charge in [0.15, 0.2) is 0 Å². The third kappa shape index (κ3) is 7.27. The summed E-state index contributed by atoms with van der Waals surface area (Å²) in [5.41, 5.74) is 1.84. The van der Waals surface area contributed by atoms with Gasteiger partial charge in [-0.05, 0) is 68.7 Å². The molecule has 0 aliphatic heterocycles. The van der Waals surface area contributed by atoms with E-state index in [1.54, 1.807) is 19.1 Å². The number of nitrogens with one attached hydrogen (secondary N) is 1. The minimum absolute atomic E-state index is 0.00734. The lowest BCUT2D eigenvalue weighted by Gasteiger charge is -2.33. The molecule has 40 heavy (non-hydrogen) atoms. The van der Waals surface area contributed by atoms with E-state index in [0.717, 1.165) is 59.7 Å². The Balaban J connectivity index is 1.65. The Bertz CT molecular complexity index is 1390. The lowest BCUT2D eigenvalue weighted by atomic mass is 9.95. The van der Waals surface area contributed by atoms with Crippen LogP contribution in [0.3, 0.4) is 0 Å².